The van der Waals surface area contributed by atoms with Gasteiger partial charge in [-0.1, -0.05) is 44.5 Å². The van der Waals surface area contributed by atoms with Gasteiger partial charge in [-0.15, -0.1) is 0 Å². The zero-order valence-corrected chi connectivity index (χ0v) is 13.5. The van der Waals surface area contributed by atoms with Crippen molar-refractivity contribution >= 4 is 0 Å². The molecule has 0 fully saturated rings. The zero-order valence-electron chi connectivity index (χ0n) is 13.5. The molecule has 21 heavy (non-hydrogen) atoms. The molecule has 1 heterocycles. The third-order valence-electron chi connectivity index (χ3n) is 3.44. The van der Waals surface area contributed by atoms with E-state index in [0.717, 1.165) is 11.3 Å². The second kappa shape index (κ2) is 5.86. The molecule has 1 aromatic carbocycles. The Morgan fingerprint density at radius 3 is 2.38 bits per heavy atom. The van der Waals surface area contributed by atoms with Crippen molar-refractivity contribution in [1.29, 1.82) is 0 Å². The second-order valence-corrected chi connectivity index (χ2v) is 6.57. The molecule has 1 aromatic heterocycles. The molecule has 0 amide bonds. The second-order valence-electron chi connectivity index (χ2n) is 6.57. The van der Waals surface area contributed by atoms with Gasteiger partial charge in [0, 0.05) is 23.9 Å². The van der Waals surface area contributed by atoms with Crippen LogP contribution in [0, 0.1) is 6.92 Å². The first-order valence-corrected chi connectivity index (χ1v) is 7.28. The molecule has 0 unspecified atom stereocenters. The number of benzene rings is 1. The fourth-order valence-corrected chi connectivity index (χ4v) is 2.15. The third kappa shape index (κ3) is 3.82. The van der Waals surface area contributed by atoms with Gasteiger partial charge in [0.1, 0.15) is 5.75 Å². The summed E-state index contributed by atoms with van der Waals surface area (Å²) in [4.78, 5) is 4.34. The lowest BCUT2D eigenvalue weighted by Crippen LogP contribution is -2.13. The van der Waals surface area contributed by atoms with Crippen LogP contribution in [0.1, 0.15) is 50.4 Å². The predicted molar refractivity (Wildman–Crippen MR) is 86.8 cm³/mol. The summed E-state index contributed by atoms with van der Waals surface area (Å²) < 4.78 is 5.97. The summed E-state index contributed by atoms with van der Waals surface area (Å²) in [6, 6.07) is 10.0. The molecule has 112 valence electrons. The summed E-state index contributed by atoms with van der Waals surface area (Å²) in [6.45, 7) is 10.6. The normalized spacial score (nSPS) is 13.0. The van der Waals surface area contributed by atoms with Crippen LogP contribution >= 0.6 is 0 Å². The van der Waals surface area contributed by atoms with E-state index in [1.807, 2.05) is 25.1 Å². The van der Waals surface area contributed by atoms with Gasteiger partial charge in [-0.05, 0) is 30.9 Å². The minimum absolute atomic E-state index is 0.0175. The average Bonchev–Trinajstić information content (AvgIpc) is 2.40. The van der Waals surface area contributed by atoms with Crippen molar-refractivity contribution in [3.05, 3.63) is 53.2 Å². The third-order valence-corrected chi connectivity index (χ3v) is 3.44. The average molecular weight is 284 g/mol. The first kappa shape index (κ1) is 15.5. The first-order chi connectivity index (χ1) is 9.77. The lowest BCUT2D eigenvalue weighted by Gasteiger charge is -2.23. The van der Waals surface area contributed by atoms with Crippen molar-refractivity contribution in [2.75, 3.05) is 0 Å². The number of nitrogens with two attached hydrogens (primary N) is 1. The van der Waals surface area contributed by atoms with Crippen molar-refractivity contribution in [3.8, 4) is 11.6 Å². The van der Waals surface area contributed by atoms with E-state index in [-0.39, 0.29) is 11.5 Å². The van der Waals surface area contributed by atoms with E-state index in [9.17, 15) is 0 Å². The first-order valence-electron chi connectivity index (χ1n) is 7.28. The standard InChI is InChI=1S/C18H24N2O/c1-12-6-8-16(15(10-12)18(3,4)5)21-17-9-7-14(11-20-17)13(2)19/h6-11,13H,19H2,1-5H3/t13-/m1/s1. The van der Waals surface area contributed by atoms with Gasteiger partial charge >= 0.3 is 0 Å². The quantitative estimate of drug-likeness (QED) is 0.902. The van der Waals surface area contributed by atoms with Crippen LogP contribution in [0.25, 0.3) is 0 Å². The SMILES string of the molecule is Cc1ccc(Oc2ccc([C@@H](C)N)cn2)c(C(C)(C)C)c1. The van der Waals surface area contributed by atoms with E-state index >= 15 is 0 Å². The zero-order chi connectivity index (χ0) is 15.6. The number of rotatable bonds is 3. The van der Waals surface area contributed by atoms with Crippen LogP contribution in [0.3, 0.4) is 0 Å². The molecule has 3 nitrogen and oxygen atoms in total. The topological polar surface area (TPSA) is 48.1 Å². The van der Waals surface area contributed by atoms with Crippen LogP contribution in [0.4, 0.5) is 0 Å². The van der Waals surface area contributed by atoms with Gasteiger partial charge in [-0.25, -0.2) is 4.98 Å². The Hall–Kier alpha value is -1.87. The summed E-state index contributed by atoms with van der Waals surface area (Å²) in [5, 5.41) is 0. The number of pyridine rings is 1. The number of nitrogens with zero attached hydrogens (tertiary/aromatic N) is 1. The van der Waals surface area contributed by atoms with E-state index in [1.165, 1.54) is 11.1 Å². The van der Waals surface area contributed by atoms with Crippen molar-refractivity contribution < 1.29 is 4.74 Å². The molecule has 0 saturated carbocycles. The summed E-state index contributed by atoms with van der Waals surface area (Å²) in [5.41, 5.74) is 9.27. The van der Waals surface area contributed by atoms with E-state index in [4.69, 9.17) is 10.5 Å². The van der Waals surface area contributed by atoms with Gasteiger partial charge in [0.25, 0.3) is 0 Å². The highest BCUT2D eigenvalue weighted by molar-refractivity contribution is 5.43. The Kier molecular flexibility index (Phi) is 4.33. The fourth-order valence-electron chi connectivity index (χ4n) is 2.15. The molecule has 3 heteroatoms. The summed E-state index contributed by atoms with van der Waals surface area (Å²) >= 11 is 0. The minimum atomic E-state index is -0.0175. The van der Waals surface area contributed by atoms with E-state index in [1.54, 1.807) is 6.20 Å². The highest BCUT2D eigenvalue weighted by atomic mass is 16.5. The monoisotopic (exact) mass is 284 g/mol. The Bertz CT molecular complexity index is 610. The van der Waals surface area contributed by atoms with Crippen LogP contribution in [0.5, 0.6) is 11.6 Å². The molecule has 1 atom stereocenters. The Balaban J connectivity index is 2.31. The van der Waals surface area contributed by atoms with Gasteiger partial charge in [0.05, 0.1) is 0 Å². The minimum Gasteiger partial charge on any atom is -0.439 e. The van der Waals surface area contributed by atoms with E-state index < -0.39 is 0 Å². The maximum absolute atomic E-state index is 5.97. The van der Waals surface area contributed by atoms with Gasteiger partial charge in [0.15, 0.2) is 0 Å². The number of aromatic nitrogens is 1. The van der Waals surface area contributed by atoms with Gasteiger partial charge < -0.3 is 10.5 Å². The number of hydrogen-bond donors (Lipinski definition) is 1. The van der Waals surface area contributed by atoms with Gasteiger partial charge in [0.2, 0.25) is 5.88 Å². The highest BCUT2D eigenvalue weighted by Crippen LogP contribution is 2.34. The van der Waals surface area contributed by atoms with Crippen LogP contribution in [-0.2, 0) is 5.41 Å². The highest BCUT2D eigenvalue weighted by Gasteiger charge is 2.19. The van der Waals surface area contributed by atoms with Crippen molar-refractivity contribution in [3.63, 3.8) is 0 Å². The Morgan fingerprint density at radius 2 is 1.86 bits per heavy atom. The number of aryl methyl sites for hydroxylation is 1. The van der Waals surface area contributed by atoms with Crippen molar-refractivity contribution in [2.45, 2.75) is 46.1 Å². The molecule has 2 aromatic rings. The molecule has 0 spiro atoms. The molecular formula is C18H24N2O. The Morgan fingerprint density at radius 1 is 1.14 bits per heavy atom. The van der Waals surface area contributed by atoms with Gasteiger partial charge in [-0.3, -0.25) is 0 Å². The molecule has 2 N–H and O–H groups in total. The lowest BCUT2D eigenvalue weighted by atomic mass is 9.85. The predicted octanol–water partition coefficient (Wildman–Crippen LogP) is 4.50. The maximum Gasteiger partial charge on any atom is 0.219 e. The van der Waals surface area contributed by atoms with E-state index in [0.29, 0.717) is 5.88 Å². The molecule has 0 aliphatic rings. The van der Waals surface area contributed by atoms with Crippen LogP contribution in [0.15, 0.2) is 36.5 Å². The summed E-state index contributed by atoms with van der Waals surface area (Å²) in [5.74, 6) is 1.45. The van der Waals surface area contributed by atoms with Crippen LogP contribution in [-0.4, -0.2) is 4.98 Å². The molecule has 0 aliphatic heterocycles. The molecule has 0 radical (unpaired) electrons. The largest absolute Gasteiger partial charge is 0.439 e. The molecular weight excluding hydrogens is 260 g/mol. The summed E-state index contributed by atoms with van der Waals surface area (Å²) in [7, 11) is 0. The maximum atomic E-state index is 5.97. The van der Waals surface area contributed by atoms with Gasteiger partial charge in [-0.2, -0.15) is 0 Å². The Labute approximate surface area is 127 Å². The van der Waals surface area contributed by atoms with Crippen molar-refractivity contribution in [2.24, 2.45) is 5.73 Å². The molecule has 0 aliphatic carbocycles. The van der Waals surface area contributed by atoms with Crippen LogP contribution < -0.4 is 10.5 Å². The molecule has 2 rings (SSSR count). The van der Waals surface area contributed by atoms with Crippen molar-refractivity contribution in [1.82, 2.24) is 4.98 Å². The number of ether oxygens (including phenoxy) is 1. The van der Waals surface area contributed by atoms with E-state index in [2.05, 4.69) is 44.8 Å². The van der Waals surface area contributed by atoms with Crippen LogP contribution in [0.2, 0.25) is 0 Å². The fraction of sp³-hybridized carbons (Fsp3) is 0.389. The smallest absolute Gasteiger partial charge is 0.219 e. The lowest BCUT2D eigenvalue weighted by molar-refractivity contribution is 0.439. The molecule has 0 saturated heterocycles. The molecule has 0 bridgehead atoms. The number of hydrogen-bond acceptors (Lipinski definition) is 3. The summed E-state index contributed by atoms with van der Waals surface area (Å²) in [6.07, 6.45) is 1.77.